The normalized spacial score (nSPS) is 35.3. The third kappa shape index (κ3) is 3.76. The zero-order valence-corrected chi connectivity index (χ0v) is 13.3. The smallest absolute Gasteiger partial charge is 0.225 e. The van der Waals surface area contributed by atoms with Gasteiger partial charge in [-0.1, -0.05) is 13.3 Å². The number of carbonyl (C=O) groups excluding carboxylic acids is 2. The van der Waals surface area contributed by atoms with Crippen LogP contribution in [-0.4, -0.2) is 35.3 Å². The lowest BCUT2D eigenvalue weighted by Gasteiger charge is -2.40. The van der Waals surface area contributed by atoms with Gasteiger partial charge in [-0.15, -0.1) is 0 Å². The number of nitrogens with two attached hydrogens (primary N) is 2. The highest BCUT2D eigenvalue weighted by Crippen LogP contribution is 2.32. The molecule has 120 valence electrons. The number of hydrogen-bond acceptors (Lipinski definition) is 3. The Hall–Kier alpha value is -1.10. The van der Waals surface area contributed by atoms with E-state index in [2.05, 4.69) is 6.92 Å². The molecule has 5 heteroatoms. The molecule has 2 fully saturated rings. The van der Waals surface area contributed by atoms with Crippen LogP contribution in [0.3, 0.4) is 0 Å². The summed E-state index contributed by atoms with van der Waals surface area (Å²) in [6.45, 7) is 4.57. The minimum Gasteiger partial charge on any atom is -0.369 e. The molecule has 0 bridgehead atoms. The molecule has 0 aromatic carbocycles. The summed E-state index contributed by atoms with van der Waals surface area (Å²) < 4.78 is 0. The average Bonchev–Trinajstić information content (AvgIpc) is 2.46. The summed E-state index contributed by atoms with van der Waals surface area (Å²) in [5.74, 6) is 0.0679. The zero-order valence-electron chi connectivity index (χ0n) is 13.3. The van der Waals surface area contributed by atoms with Crippen molar-refractivity contribution in [3.63, 3.8) is 0 Å². The highest BCUT2D eigenvalue weighted by Gasteiger charge is 2.36. The lowest BCUT2D eigenvalue weighted by Crippen LogP contribution is -2.51. The predicted octanol–water partition coefficient (Wildman–Crippen LogP) is 1.25. The number of piperidine rings is 1. The standard InChI is InChI=1S/C16H29N3O2/c1-10-6-7-13(15(18)20)9-19(10)16(21)11(2)12-4-3-5-14(17)8-12/h10-14H,3-9,17H2,1-2H3,(H2,18,20). The van der Waals surface area contributed by atoms with Gasteiger partial charge in [-0.2, -0.15) is 0 Å². The van der Waals surface area contributed by atoms with E-state index in [1.54, 1.807) is 0 Å². The van der Waals surface area contributed by atoms with Gasteiger partial charge in [-0.25, -0.2) is 0 Å². The first-order valence-corrected chi connectivity index (χ1v) is 8.25. The average molecular weight is 295 g/mol. The van der Waals surface area contributed by atoms with Gasteiger partial charge in [0.25, 0.3) is 0 Å². The summed E-state index contributed by atoms with van der Waals surface area (Å²) in [4.78, 5) is 26.1. The molecular formula is C16H29N3O2. The van der Waals surface area contributed by atoms with Crippen LogP contribution in [0.15, 0.2) is 0 Å². The molecule has 2 amide bonds. The molecular weight excluding hydrogens is 266 g/mol. The molecule has 2 rings (SSSR count). The van der Waals surface area contributed by atoms with E-state index in [9.17, 15) is 9.59 Å². The number of rotatable bonds is 3. The summed E-state index contributed by atoms with van der Waals surface area (Å²) in [6, 6.07) is 0.434. The highest BCUT2D eigenvalue weighted by atomic mass is 16.2. The Labute approximate surface area is 127 Å². The lowest BCUT2D eigenvalue weighted by molar-refractivity contribution is -0.143. The van der Waals surface area contributed by atoms with Gasteiger partial charge in [0.1, 0.15) is 0 Å². The van der Waals surface area contributed by atoms with E-state index >= 15 is 0 Å². The molecule has 0 aromatic heterocycles. The van der Waals surface area contributed by atoms with Crippen LogP contribution in [0.1, 0.15) is 52.4 Å². The molecule has 1 heterocycles. The summed E-state index contributed by atoms with van der Waals surface area (Å²) in [6.07, 6.45) is 5.86. The Balaban J connectivity index is 2.01. The predicted molar refractivity (Wildman–Crippen MR) is 82.2 cm³/mol. The van der Waals surface area contributed by atoms with Gasteiger partial charge in [0.15, 0.2) is 0 Å². The molecule has 0 radical (unpaired) electrons. The van der Waals surface area contributed by atoms with Crippen LogP contribution in [0.25, 0.3) is 0 Å². The minimum atomic E-state index is -0.285. The van der Waals surface area contributed by atoms with E-state index in [0.29, 0.717) is 12.5 Å². The van der Waals surface area contributed by atoms with Crippen LogP contribution in [0.2, 0.25) is 0 Å². The van der Waals surface area contributed by atoms with Crippen molar-refractivity contribution in [2.75, 3.05) is 6.54 Å². The van der Waals surface area contributed by atoms with Gasteiger partial charge in [0.2, 0.25) is 11.8 Å². The van der Waals surface area contributed by atoms with E-state index in [0.717, 1.165) is 38.5 Å². The van der Waals surface area contributed by atoms with Crippen LogP contribution in [0, 0.1) is 17.8 Å². The second kappa shape index (κ2) is 6.77. The second-order valence-corrected chi connectivity index (χ2v) is 6.99. The van der Waals surface area contributed by atoms with Gasteiger partial charge in [0.05, 0.1) is 5.92 Å². The number of carbonyl (C=O) groups is 2. The maximum absolute atomic E-state index is 12.8. The van der Waals surface area contributed by atoms with Crippen molar-refractivity contribution in [1.82, 2.24) is 4.90 Å². The molecule has 1 saturated carbocycles. The van der Waals surface area contributed by atoms with Crippen molar-refractivity contribution in [2.24, 2.45) is 29.2 Å². The molecule has 21 heavy (non-hydrogen) atoms. The lowest BCUT2D eigenvalue weighted by atomic mass is 9.77. The fourth-order valence-electron chi connectivity index (χ4n) is 3.83. The molecule has 5 nitrogen and oxygen atoms in total. The molecule has 1 saturated heterocycles. The monoisotopic (exact) mass is 295 g/mol. The van der Waals surface area contributed by atoms with Crippen LogP contribution in [-0.2, 0) is 9.59 Å². The van der Waals surface area contributed by atoms with Crippen molar-refractivity contribution in [1.29, 1.82) is 0 Å². The maximum Gasteiger partial charge on any atom is 0.225 e. The summed E-state index contributed by atoms with van der Waals surface area (Å²) in [7, 11) is 0. The summed E-state index contributed by atoms with van der Waals surface area (Å²) in [5, 5.41) is 0. The first-order chi connectivity index (χ1) is 9.90. The number of primary amides is 1. The zero-order chi connectivity index (χ0) is 15.6. The fraction of sp³-hybridized carbons (Fsp3) is 0.875. The largest absolute Gasteiger partial charge is 0.369 e. The summed E-state index contributed by atoms with van der Waals surface area (Å²) in [5.41, 5.74) is 11.5. The minimum absolute atomic E-state index is 0.00886. The van der Waals surface area contributed by atoms with Crippen molar-refractivity contribution in [3.8, 4) is 0 Å². The Kier molecular flexibility index (Phi) is 5.25. The van der Waals surface area contributed by atoms with E-state index < -0.39 is 0 Å². The van der Waals surface area contributed by atoms with Crippen molar-refractivity contribution >= 4 is 11.8 Å². The van der Waals surface area contributed by atoms with Crippen LogP contribution in [0.4, 0.5) is 0 Å². The van der Waals surface area contributed by atoms with Crippen molar-refractivity contribution < 1.29 is 9.59 Å². The molecule has 5 unspecified atom stereocenters. The number of likely N-dealkylation sites (tertiary alicyclic amines) is 1. The van der Waals surface area contributed by atoms with Crippen LogP contribution < -0.4 is 11.5 Å². The van der Waals surface area contributed by atoms with E-state index in [1.807, 2.05) is 11.8 Å². The van der Waals surface area contributed by atoms with Crippen molar-refractivity contribution in [2.45, 2.75) is 64.5 Å². The van der Waals surface area contributed by atoms with Gasteiger partial charge >= 0.3 is 0 Å². The SMILES string of the molecule is CC(C(=O)N1CC(C(N)=O)CCC1C)C1CCCC(N)C1. The Morgan fingerprint density at radius 3 is 2.52 bits per heavy atom. The Morgan fingerprint density at radius 2 is 1.90 bits per heavy atom. The molecule has 4 N–H and O–H groups in total. The molecule has 1 aliphatic carbocycles. The van der Waals surface area contributed by atoms with Gasteiger partial charge in [-0.05, 0) is 44.9 Å². The molecule has 0 spiro atoms. The molecule has 5 atom stereocenters. The summed E-state index contributed by atoms with van der Waals surface area (Å²) >= 11 is 0. The Morgan fingerprint density at radius 1 is 1.19 bits per heavy atom. The second-order valence-electron chi connectivity index (χ2n) is 6.99. The third-order valence-electron chi connectivity index (χ3n) is 5.42. The topological polar surface area (TPSA) is 89.4 Å². The number of nitrogens with zero attached hydrogens (tertiary/aromatic N) is 1. The molecule has 2 aliphatic rings. The van der Waals surface area contributed by atoms with E-state index in [1.165, 1.54) is 0 Å². The Bertz CT molecular complexity index is 399. The van der Waals surface area contributed by atoms with Gasteiger partial charge in [-0.3, -0.25) is 9.59 Å². The first-order valence-electron chi connectivity index (χ1n) is 8.25. The third-order valence-corrected chi connectivity index (χ3v) is 5.42. The fourth-order valence-corrected chi connectivity index (χ4v) is 3.83. The molecule has 0 aromatic rings. The quantitative estimate of drug-likeness (QED) is 0.821. The van der Waals surface area contributed by atoms with E-state index in [-0.39, 0.29) is 35.7 Å². The van der Waals surface area contributed by atoms with E-state index in [4.69, 9.17) is 11.5 Å². The van der Waals surface area contributed by atoms with Crippen LogP contribution >= 0.6 is 0 Å². The first kappa shape index (κ1) is 16.3. The van der Waals surface area contributed by atoms with Gasteiger partial charge in [0, 0.05) is 24.5 Å². The highest BCUT2D eigenvalue weighted by molar-refractivity contribution is 5.81. The number of hydrogen-bond donors (Lipinski definition) is 2. The van der Waals surface area contributed by atoms with Crippen molar-refractivity contribution in [3.05, 3.63) is 0 Å². The van der Waals surface area contributed by atoms with Crippen LogP contribution in [0.5, 0.6) is 0 Å². The number of amides is 2. The molecule has 1 aliphatic heterocycles. The van der Waals surface area contributed by atoms with Gasteiger partial charge < -0.3 is 16.4 Å². The maximum atomic E-state index is 12.8.